The van der Waals surface area contributed by atoms with Crippen LogP contribution in [0, 0.1) is 0 Å². The van der Waals surface area contributed by atoms with Gasteiger partial charge in [-0.2, -0.15) is 0 Å². The van der Waals surface area contributed by atoms with Gasteiger partial charge in [-0.05, 0) is 47.7 Å². The summed E-state index contributed by atoms with van der Waals surface area (Å²) in [5.74, 6) is -0.944. The van der Waals surface area contributed by atoms with Crippen molar-refractivity contribution in [1.29, 1.82) is 0 Å². The van der Waals surface area contributed by atoms with Gasteiger partial charge in [-0.3, -0.25) is 0 Å². The zero-order valence-electron chi connectivity index (χ0n) is 15.6. The molecule has 5 nitrogen and oxygen atoms in total. The summed E-state index contributed by atoms with van der Waals surface area (Å²) in [6, 6.07) is 18.1. The van der Waals surface area contributed by atoms with E-state index in [1.807, 2.05) is 41.4 Å². The lowest BCUT2D eigenvalue weighted by molar-refractivity contribution is 0.0697. The average Bonchev–Trinajstić information content (AvgIpc) is 2.70. The molecule has 0 amide bonds. The minimum Gasteiger partial charge on any atom is -0.478 e. The molecule has 28 heavy (non-hydrogen) atoms. The number of nitrogens with zero attached hydrogens (tertiary/aromatic N) is 1. The second kappa shape index (κ2) is 9.06. The molecule has 3 aromatic rings. The van der Waals surface area contributed by atoms with Crippen LogP contribution in [-0.4, -0.2) is 29.3 Å². The van der Waals surface area contributed by atoms with Gasteiger partial charge < -0.3 is 15.2 Å². The van der Waals surface area contributed by atoms with E-state index in [9.17, 15) is 15.0 Å². The standard InChI is InChI=1S/C22H23ClN2O3/c1-2-11-25(24-14-21(26)16-6-3-7-18(23)13-16)20-8-4-5-15-12-17(22(27)28)9-10-19(15)20/h3-10,12-13,21,24,26H,2,11,14H2,1H3,(H,27,28). The molecule has 0 radical (unpaired) electrons. The van der Waals surface area contributed by atoms with E-state index in [0.29, 0.717) is 11.6 Å². The molecular formula is C22H23ClN2O3. The van der Waals surface area contributed by atoms with Crippen molar-refractivity contribution in [2.75, 3.05) is 18.1 Å². The Morgan fingerprint density at radius 3 is 2.64 bits per heavy atom. The molecule has 0 bridgehead atoms. The molecule has 1 unspecified atom stereocenters. The zero-order chi connectivity index (χ0) is 20.1. The maximum atomic E-state index is 11.2. The van der Waals surface area contributed by atoms with Gasteiger partial charge in [-0.15, -0.1) is 0 Å². The van der Waals surface area contributed by atoms with E-state index in [2.05, 4.69) is 12.3 Å². The van der Waals surface area contributed by atoms with Gasteiger partial charge in [0.25, 0.3) is 0 Å². The number of carboxylic acid groups (broad SMARTS) is 1. The summed E-state index contributed by atoms with van der Waals surface area (Å²) in [6.07, 6.45) is 0.204. The zero-order valence-corrected chi connectivity index (χ0v) is 16.4. The fourth-order valence-corrected chi connectivity index (χ4v) is 3.37. The number of aliphatic hydroxyl groups excluding tert-OH is 1. The van der Waals surface area contributed by atoms with Gasteiger partial charge >= 0.3 is 5.97 Å². The third-order valence-corrected chi connectivity index (χ3v) is 4.79. The number of aromatic carboxylic acids is 1. The fourth-order valence-electron chi connectivity index (χ4n) is 3.17. The van der Waals surface area contributed by atoms with E-state index in [1.54, 1.807) is 24.3 Å². The first-order valence-corrected chi connectivity index (χ1v) is 9.58. The van der Waals surface area contributed by atoms with E-state index >= 15 is 0 Å². The largest absolute Gasteiger partial charge is 0.478 e. The van der Waals surface area contributed by atoms with E-state index in [4.69, 9.17) is 11.6 Å². The molecule has 3 rings (SSSR count). The molecule has 3 aromatic carbocycles. The average molecular weight is 399 g/mol. The number of carboxylic acids is 1. The van der Waals surface area contributed by atoms with Crippen molar-refractivity contribution in [1.82, 2.24) is 5.43 Å². The molecule has 6 heteroatoms. The molecule has 0 saturated carbocycles. The number of benzene rings is 3. The lowest BCUT2D eigenvalue weighted by atomic mass is 10.0. The number of hydrogen-bond acceptors (Lipinski definition) is 4. The first-order chi connectivity index (χ1) is 13.5. The molecule has 0 aromatic heterocycles. The van der Waals surface area contributed by atoms with Crippen LogP contribution in [0.5, 0.6) is 0 Å². The lowest BCUT2D eigenvalue weighted by Gasteiger charge is -2.28. The van der Waals surface area contributed by atoms with Crippen molar-refractivity contribution in [3.63, 3.8) is 0 Å². The predicted molar refractivity (Wildman–Crippen MR) is 113 cm³/mol. The van der Waals surface area contributed by atoms with Crippen LogP contribution in [0.25, 0.3) is 10.8 Å². The maximum Gasteiger partial charge on any atom is 0.335 e. The molecule has 0 aliphatic heterocycles. The molecule has 1 atom stereocenters. The van der Waals surface area contributed by atoms with Gasteiger partial charge in [0.1, 0.15) is 0 Å². The van der Waals surface area contributed by atoms with E-state index < -0.39 is 12.1 Å². The summed E-state index contributed by atoms with van der Waals surface area (Å²) in [4.78, 5) is 11.2. The number of aliphatic hydroxyl groups is 1. The molecule has 0 spiro atoms. The highest BCUT2D eigenvalue weighted by molar-refractivity contribution is 6.30. The van der Waals surface area contributed by atoms with Crippen LogP contribution in [0.3, 0.4) is 0 Å². The number of nitrogens with one attached hydrogen (secondary N) is 1. The first-order valence-electron chi connectivity index (χ1n) is 9.20. The fraction of sp³-hybridized carbons (Fsp3) is 0.227. The van der Waals surface area contributed by atoms with Crippen molar-refractivity contribution in [3.05, 3.63) is 76.8 Å². The number of hydrogen-bond donors (Lipinski definition) is 3. The highest BCUT2D eigenvalue weighted by Crippen LogP contribution is 2.27. The Morgan fingerprint density at radius 1 is 1.14 bits per heavy atom. The summed E-state index contributed by atoms with van der Waals surface area (Å²) in [5, 5.41) is 24.1. The summed E-state index contributed by atoms with van der Waals surface area (Å²) < 4.78 is 0. The number of hydrazine groups is 1. The SMILES string of the molecule is CCCN(NCC(O)c1cccc(Cl)c1)c1cccc2cc(C(=O)O)ccc12. The number of carbonyl (C=O) groups is 1. The van der Waals surface area contributed by atoms with Crippen molar-refractivity contribution in [3.8, 4) is 0 Å². The van der Waals surface area contributed by atoms with Gasteiger partial charge in [-0.1, -0.05) is 48.9 Å². The molecule has 0 saturated heterocycles. The van der Waals surface area contributed by atoms with Crippen molar-refractivity contribution in [2.24, 2.45) is 0 Å². The molecule has 0 aliphatic rings. The van der Waals surface area contributed by atoms with Crippen LogP contribution in [0.1, 0.15) is 35.4 Å². The van der Waals surface area contributed by atoms with Gasteiger partial charge in [-0.25, -0.2) is 10.2 Å². The number of anilines is 1. The van der Waals surface area contributed by atoms with Gasteiger partial charge in [0.15, 0.2) is 0 Å². The van der Waals surface area contributed by atoms with Crippen molar-refractivity contribution < 1.29 is 15.0 Å². The molecule has 3 N–H and O–H groups in total. The molecule has 0 fully saturated rings. The van der Waals surface area contributed by atoms with Crippen LogP contribution in [0.4, 0.5) is 5.69 Å². The summed E-state index contributed by atoms with van der Waals surface area (Å²) in [5.41, 5.74) is 5.26. The maximum absolute atomic E-state index is 11.2. The Morgan fingerprint density at radius 2 is 1.93 bits per heavy atom. The van der Waals surface area contributed by atoms with Crippen molar-refractivity contribution in [2.45, 2.75) is 19.4 Å². The van der Waals surface area contributed by atoms with Crippen LogP contribution in [0.2, 0.25) is 5.02 Å². The van der Waals surface area contributed by atoms with E-state index in [-0.39, 0.29) is 5.56 Å². The minimum absolute atomic E-state index is 0.260. The second-order valence-electron chi connectivity index (χ2n) is 6.60. The minimum atomic E-state index is -0.944. The molecule has 146 valence electrons. The number of fused-ring (bicyclic) bond motifs is 1. The number of halogens is 1. The second-order valence-corrected chi connectivity index (χ2v) is 7.04. The molecular weight excluding hydrogens is 376 g/mol. The highest BCUT2D eigenvalue weighted by Gasteiger charge is 2.14. The first kappa shape index (κ1) is 20.1. The monoisotopic (exact) mass is 398 g/mol. The van der Waals surface area contributed by atoms with Crippen LogP contribution < -0.4 is 10.4 Å². The Balaban J connectivity index is 1.84. The quantitative estimate of drug-likeness (QED) is 0.482. The normalized spacial score (nSPS) is 12.1. The predicted octanol–water partition coefficient (Wildman–Crippen LogP) is 4.65. The molecule has 0 aliphatic carbocycles. The molecule has 0 heterocycles. The lowest BCUT2D eigenvalue weighted by Crippen LogP contribution is -2.41. The Bertz CT molecular complexity index is 977. The van der Waals surface area contributed by atoms with Crippen LogP contribution >= 0.6 is 11.6 Å². The Kier molecular flexibility index (Phi) is 6.52. The smallest absolute Gasteiger partial charge is 0.335 e. The third kappa shape index (κ3) is 4.62. The Labute approximate surface area is 169 Å². The highest BCUT2D eigenvalue weighted by atomic mass is 35.5. The van der Waals surface area contributed by atoms with Gasteiger partial charge in [0.05, 0.1) is 17.4 Å². The topological polar surface area (TPSA) is 72.8 Å². The van der Waals surface area contributed by atoms with E-state index in [0.717, 1.165) is 35.0 Å². The summed E-state index contributed by atoms with van der Waals surface area (Å²) in [7, 11) is 0. The number of rotatable bonds is 8. The van der Waals surface area contributed by atoms with Crippen LogP contribution in [0.15, 0.2) is 60.7 Å². The Hall–Kier alpha value is -2.60. The third-order valence-electron chi connectivity index (χ3n) is 4.55. The van der Waals surface area contributed by atoms with Gasteiger partial charge in [0.2, 0.25) is 0 Å². The van der Waals surface area contributed by atoms with Gasteiger partial charge in [0, 0.05) is 23.5 Å². The van der Waals surface area contributed by atoms with Crippen LogP contribution in [-0.2, 0) is 0 Å². The summed E-state index contributed by atoms with van der Waals surface area (Å²) in [6.45, 7) is 3.14. The summed E-state index contributed by atoms with van der Waals surface area (Å²) >= 11 is 6.01. The van der Waals surface area contributed by atoms with Crippen molar-refractivity contribution >= 4 is 34.0 Å². The van der Waals surface area contributed by atoms with E-state index in [1.165, 1.54) is 0 Å².